The molecule has 2 aliphatic heterocycles. The fraction of sp³-hybridized carbons (Fsp3) is 0.600. The first-order valence-electron chi connectivity index (χ1n) is 11.1. The zero-order valence-corrected chi connectivity index (χ0v) is 18.2. The van der Waals surface area contributed by atoms with Gasteiger partial charge in [0.1, 0.15) is 11.9 Å². The second-order valence-corrected chi connectivity index (χ2v) is 9.63. The molecule has 2 aromatic heterocycles. The van der Waals surface area contributed by atoms with Crippen LogP contribution in [0, 0.1) is 0 Å². The quantitative estimate of drug-likeness (QED) is 0.498. The molecule has 10 nitrogen and oxygen atoms in total. The molecule has 0 unspecified atom stereocenters. The van der Waals surface area contributed by atoms with Gasteiger partial charge in [-0.05, 0) is 56.9 Å². The number of carbonyl (C=O) groups excluding carboxylic acids is 1. The maximum Gasteiger partial charge on any atom is 0.257 e. The van der Waals surface area contributed by atoms with Gasteiger partial charge in [-0.3, -0.25) is 20.6 Å². The van der Waals surface area contributed by atoms with Crippen molar-refractivity contribution in [3.8, 4) is 0 Å². The Morgan fingerprint density at radius 3 is 2.97 bits per heavy atom. The van der Waals surface area contributed by atoms with E-state index in [0.29, 0.717) is 18.5 Å². The van der Waals surface area contributed by atoms with Crippen molar-refractivity contribution in [2.75, 3.05) is 29.3 Å². The molecule has 3 fully saturated rings. The van der Waals surface area contributed by atoms with Crippen LogP contribution in [-0.4, -0.2) is 55.6 Å². The summed E-state index contributed by atoms with van der Waals surface area (Å²) in [5.41, 5.74) is 6.48. The number of nitrogens with zero attached hydrogens (tertiary/aromatic N) is 5. The highest BCUT2D eigenvalue weighted by Gasteiger charge is 2.35. The van der Waals surface area contributed by atoms with Crippen LogP contribution in [0.1, 0.15) is 55.0 Å². The molecule has 164 valence electrons. The number of anilines is 3. The molecule has 4 aliphatic rings. The second-order valence-electron chi connectivity index (χ2n) is 8.65. The van der Waals surface area contributed by atoms with E-state index in [1.54, 1.807) is 11.9 Å². The molecular formula is C20H27N9OS. The Labute approximate surface area is 185 Å². The number of nitrogens with one attached hydrogen (secondary N) is 4. The molecule has 11 heteroatoms. The number of aromatic nitrogens is 4. The van der Waals surface area contributed by atoms with Crippen molar-refractivity contribution < 1.29 is 4.79 Å². The summed E-state index contributed by atoms with van der Waals surface area (Å²) in [6.07, 6.45) is 7.24. The van der Waals surface area contributed by atoms with Gasteiger partial charge < -0.3 is 10.2 Å². The van der Waals surface area contributed by atoms with Gasteiger partial charge >= 0.3 is 0 Å². The number of H-pyrrole nitrogens is 1. The van der Waals surface area contributed by atoms with Gasteiger partial charge in [-0.25, -0.2) is 4.98 Å². The highest BCUT2D eigenvalue weighted by atomic mass is 32.2. The lowest BCUT2D eigenvalue weighted by molar-refractivity contribution is -0.125. The molecule has 0 bridgehead atoms. The molecule has 31 heavy (non-hydrogen) atoms. The van der Waals surface area contributed by atoms with Gasteiger partial charge in [-0.15, -0.1) is 4.41 Å². The van der Waals surface area contributed by atoms with E-state index in [1.807, 2.05) is 4.41 Å². The third-order valence-corrected chi connectivity index (χ3v) is 7.27. The number of aromatic amines is 1. The van der Waals surface area contributed by atoms with Gasteiger partial charge in [0.05, 0.1) is 18.2 Å². The van der Waals surface area contributed by atoms with Gasteiger partial charge in [0.15, 0.2) is 5.82 Å². The normalized spacial score (nSPS) is 23.4. The molecule has 0 spiro atoms. The molecule has 0 radical (unpaired) electrons. The molecule has 1 amide bonds. The summed E-state index contributed by atoms with van der Waals surface area (Å²) in [5.74, 6) is 3.72. The predicted octanol–water partition coefficient (Wildman–Crippen LogP) is 1.78. The van der Waals surface area contributed by atoms with E-state index >= 15 is 0 Å². The fourth-order valence-electron chi connectivity index (χ4n) is 4.64. The minimum Gasteiger partial charge on any atom is -0.329 e. The number of hydrogen-bond acceptors (Lipinski definition) is 9. The molecule has 6 rings (SSSR count). The molecule has 2 aromatic rings. The van der Waals surface area contributed by atoms with Gasteiger partial charge in [0.25, 0.3) is 5.91 Å². The van der Waals surface area contributed by atoms with Crippen LogP contribution in [0.5, 0.6) is 0 Å². The van der Waals surface area contributed by atoms with Gasteiger partial charge in [0.2, 0.25) is 5.95 Å². The van der Waals surface area contributed by atoms with E-state index in [9.17, 15) is 4.79 Å². The number of carbonyl (C=O) groups is 1. The van der Waals surface area contributed by atoms with Crippen molar-refractivity contribution in [3.63, 3.8) is 0 Å². The van der Waals surface area contributed by atoms with E-state index in [2.05, 4.69) is 37.2 Å². The van der Waals surface area contributed by atoms with Crippen LogP contribution in [0.3, 0.4) is 0 Å². The number of hydrazine groups is 1. The molecule has 2 aliphatic carbocycles. The summed E-state index contributed by atoms with van der Waals surface area (Å²) in [4.78, 5) is 24.8. The fourth-order valence-corrected chi connectivity index (χ4v) is 5.32. The third kappa shape index (κ3) is 3.85. The van der Waals surface area contributed by atoms with Crippen molar-refractivity contribution in [2.24, 2.45) is 0 Å². The summed E-state index contributed by atoms with van der Waals surface area (Å²) in [6.45, 7) is 1.44. The summed E-state index contributed by atoms with van der Waals surface area (Å²) < 4.78 is 1.85. The molecule has 1 saturated carbocycles. The summed E-state index contributed by atoms with van der Waals surface area (Å²) >= 11 is 1.58. The van der Waals surface area contributed by atoms with Crippen LogP contribution in [0.2, 0.25) is 0 Å². The first kappa shape index (κ1) is 19.3. The lowest BCUT2D eigenvalue weighted by Gasteiger charge is -2.26. The van der Waals surface area contributed by atoms with Crippen molar-refractivity contribution in [2.45, 2.75) is 56.9 Å². The Kier molecular flexibility index (Phi) is 4.96. The monoisotopic (exact) mass is 441 g/mol. The zero-order valence-electron chi connectivity index (χ0n) is 17.4. The lowest BCUT2D eigenvalue weighted by atomic mass is 10.2. The van der Waals surface area contributed by atoms with E-state index in [0.717, 1.165) is 61.9 Å². The van der Waals surface area contributed by atoms with Crippen molar-refractivity contribution in [1.82, 2.24) is 35.3 Å². The van der Waals surface area contributed by atoms with E-state index < -0.39 is 0 Å². The average molecular weight is 442 g/mol. The highest BCUT2D eigenvalue weighted by molar-refractivity contribution is 7.97. The van der Waals surface area contributed by atoms with Gasteiger partial charge in [0, 0.05) is 29.8 Å². The molecule has 4 N–H and O–H groups in total. The van der Waals surface area contributed by atoms with Crippen LogP contribution in [0.25, 0.3) is 0 Å². The number of amides is 1. The Morgan fingerprint density at radius 2 is 2.13 bits per heavy atom. The lowest BCUT2D eigenvalue weighted by Crippen LogP contribution is -2.48. The maximum atomic E-state index is 12.9. The largest absolute Gasteiger partial charge is 0.329 e. The van der Waals surface area contributed by atoms with Gasteiger partial charge in [-0.2, -0.15) is 10.1 Å². The Hall–Kier alpha value is -2.37. The van der Waals surface area contributed by atoms with Crippen LogP contribution >= 0.6 is 11.9 Å². The molecule has 4 heterocycles. The van der Waals surface area contributed by atoms with Crippen molar-refractivity contribution >= 4 is 35.4 Å². The maximum absolute atomic E-state index is 12.9. The Balaban J connectivity index is 1.25. The van der Waals surface area contributed by atoms with Crippen molar-refractivity contribution in [1.29, 1.82) is 0 Å². The van der Waals surface area contributed by atoms with Gasteiger partial charge in [-0.1, -0.05) is 0 Å². The zero-order chi connectivity index (χ0) is 20.8. The van der Waals surface area contributed by atoms with E-state index in [-0.39, 0.29) is 11.9 Å². The number of aryl methyl sites for hydroxylation is 1. The van der Waals surface area contributed by atoms with E-state index in [1.165, 1.54) is 24.1 Å². The third-order valence-electron chi connectivity index (χ3n) is 6.41. The summed E-state index contributed by atoms with van der Waals surface area (Å²) in [7, 11) is 0. The molecule has 2 saturated heterocycles. The minimum atomic E-state index is -0.250. The Bertz CT molecular complexity index is 985. The number of fused-ring (bicyclic) bond motifs is 1. The summed E-state index contributed by atoms with van der Waals surface area (Å²) in [6, 6.07) is 1.84. The van der Waals surface area contributed by atoms with Crippen LogP contribution < -0.4 is 21.0 Å². The number of hydrogen-bond donors (Lipinski definition) is 4. The average Bonchev–Trinajstić information content (AvgIpc) is 3.27. The number of rotatable bonds is 6. The summed E-state index contributed by atoms with van der Waals surface area (Å²) in [5, 5.41) is 14.2. The van der Waals surface area contributed by atoms with Crippen LogP contribution in [0.15, 0.2) is 6.07 Å². The van der Waals surface area contributed by atoms with Crippen LogP contribution in [0.4, 0.5) is 17.6 Å². The first-order valence-corrected chi connectivity index (χ1v) is 12.1. The minimum absolute atomic E-state index is 0.00804. The van der Waals surface area contributed by atoms with Crippen LogP contribution in [-0.2, 0) is 17.6 Å². The highest BCUT2D eigenvalue weighted by Crippen LogP contribution is 2.40. The van der Waals surface area contributed by atoms with E-state index in [4.69, 9.17) is 9.97 Å². The standard InChI is InChI=1S/C20H27N9OS/c30-19(27-29-10-21-11-31-29)16-5-2-8-28(16)20-22-14-4-1-3-13(14)18(24-20)23-17-9-15(25-26-17)12-6-7-12/h9,12,16,21H,1-8,10-11H2,(H,27,30)(H2,22,23,24,25,26)/t16-/m1/s1. The topological polar surface area (TPSA) is 114 Å². The smallest absolute Gasteiger partial charge is 0.257 e. The van der Waals surface area contributed by atoms with Crippen molar-refractivity contribution in [3.05, 3.63) is 23.0 Å². The SMILES string of the molecule is O=C(NN1CNCS1)[C@H]1CCCN1c1nc2c(c(Nc3cc(C4CC4)[nH]n3)n1)CCC2. The molecule has 1 atom stereocenters. The first-order chi connectivity index (χ1) is 15.2. The predicted molar refractivity (Wildman–Crippen MR) is 119 cm³/mol. The second kappa shape index (κ2) is 7.95. The Morgan fingerprint density at radius 1 is 1.19 bits per heavy atom. The molecular weight excluding hydrogens is 414 g/mol. The molecule has 0 aromatic carbocycles.